The Hall–Kier alpha value is -1.69. The summed E-state index contributed by atoms with van der Waals surface area (Å²) in [7, 11) is 0. The van der Waals surface area contributed by atoms with Gasteiger partial charge in [-0.15, -0.1) is 0 Å². The van der Waals surface area contributed by atoms with Crippen molar-refractivity contribution in [1.29, 1.82) is 0 Å². The fourth-order valence-electron chi connectivity index (χ4n) is 2.62. The summed E-state index contributed by atoms with van der Waals surface area (Å²) in [4.78, 5) is 36.4. The lowest BCUT2D eigenvalue weighted by Crippen LogP contribution is -2.34. The lowest BCUT2D eigenvalue weighted by Gasteiger charge is -2.12. The Morgan fingerprint density at radius 2 is 2.00 bits per heavy atom. The molecule has 0 unspecified atom stereocenters. The first-order valence-corrected chi connectivity index (χ1v) is 7.22. The summed E-state index contributed by atoms with van der Waals surface area (Å²) in [5.41, 5.74) is 2.52. The van der Waals surface area contributed by atoms with Crippen molar-refractivity contribution in [3.8, 4) is 0 Å². The summed E-state index contributed by atoms with van der Waals surface area (Å²) in [6.45, 7) is 1.69. The first kappa shape index (κ1) is 13.3. The highest BCUT2D eigenvalue weighted by atomic mass is 16.7. The van der Waals surface area contributed by atoms with E-state index in [0.717, 1.165) is 38.5 Å². The smallest absolute Gasteiger partial charge is 0.282 e. The topological polar surface area (TPSA) is 84.1 Å². The molecule has 2 aliphatic rings. The van der Waals surface area contributed by atoms with Crippen LogP contribution >= 0.6 is 0 Å². The van der Waals surface area contributed by atoms with Crippen molar-refractivity contribution in [3.05, 3.63) is 27.4 Å². The van der Waals surface area contributed by atoms with Crippen molar-refractivity contribution in [2.45, 2.75) is 57.5 Å². The minimum absolute atomic E-state index is 0.0485. The number of aromatic nitrogens is 2. The molecule has 2 aliphatic carbocycles. The van der Waals surface area contributed by atoms with Crippen molar-refractivity contribution in [2.75, 3.05) is 0 Å². The molecule has 0 bridgehead atoms. The Kier molecular flexibility index (Phi) is 3.56. The summed E-state index contributed by atoms with van der Waals surface area (Å²) in [6.07, 6.45) is 6.33. The average molecular weight is 277 g/mol. The predicted molar refractivity (Wildman–Crippen MR) is 72.4 cm³/mol. The second-order valence-corrected chi connectivity index (χ2v) is 5.64. The number of amides is 1. The number of hydrogen-bond acceptors (Lipinski definition) is 4. The quantitative estimate of drug-likeness (QED) is 0.818. The van der Waals surface area contributed by atoms with Crippen LogP contribution in [0, 0.1) is 6.92 Å². The molecule has 6 heteroatoms. The number of carbonyl (C=O) groups is 1. The molecule has 2 saturated carbocycles. The summed E-state index contributed by atoms with van der Waals surface area (Å²) in [5, 5.41) is 0. The third-order valence-electron chi connectivity index (χ3n) is 3.93. The normalized spacial score (nSPS) is 19.2. The number of H-pyrrole nitrogens is 1. The van der Waals surface area contributed by atoms with Crippen LogP contribution in [0.4, 0.5) is 0 Å². The van der Waals surface area contributed by atoms with E-state index in [1.54, 1.807) is 6.92 Å². The second kappa shape index (κ2) is 5.36. The number of hydrogen-bond donors (Lipinski definition) is 2. The molecule has 0 radical (unpaired) electrons. The van der Waals surface area contributed by atoms with Crippen molar-refractivity contribution >= 4 is 5.91 Å². The molecule has 1 aromatic rings. The summed E-state index contributed by atoms with van der Waals surface area (Å²) in [5.74, 6) is 0.541. The maximum Gasteiger partial charge on any atom is 0.282 e. The molecule has 108 valence electrons. The minimum atomic E-state index is -0.509. The van der Waals surface area contributed by atoms with Gasteiger partial charge in [0, 0.05) is 5.92 Å². The molecular formula is C14H19N3O3. The van der Waals surface area contributed by atoms with E-state index in [9.17, 15) is 9.59 Å². The molecule has 3 rings (SSSR count). The van der Waals surface area contributed by atoms with Crippen LogP contribution in [0.15, 0.2) is 4.79 Å². The van der Waals surface area contributed by atoms with Crippen LogP contribution in [0.1, 0.15) is 66.3 Å². The van der Waals surface area contributed by atoms with E-state index in [1.807, 2.05) is 0 Å². The fraction of sp³-hybridized carbons (Fsp3) is 0.643. The Morgan fingerprint density at radius 3 is 2.60 bits per heavy atom. The summed E-state index contributed by atoms with van der Waals surface area (Å²) < 4.78 is 0. The molecule has 6 nitrogen and oxygen atoms in total. The summed E-state index contributed by atoms with van der Waals surface area (Å²) >= 11 is 0. The number of rotatable bonds is 4. The average Bonchev–Trinajstić information content (AvgIpc) is 3.13. The van der Waals surface area contributed by atoms with Crippen molar-refractivity contribution in [3.63, 3.8) is 0 Å². The van der Waals surface area contributed by atoms with Gasteiger partial charge in [-0.3, -0.25) is 14.4 Å². The van der Waals surface area contributed by atoms with Crippen molar-refractivity contribution in [1.82, 2.24) is 15.4 Å². The molecule has 0 spiro atoms. The largest absolute Gasteiger partial charge is 0.310 e. The van der Waals surface area contributed by atoms with Crippen LogP contribution in [0.3, 0.4) is 0 Å². The van der Waals surface area contributed by atoms with Crippen molar-refractivity contribution < 1.29 is 9.63 Å². The Balaban J connectivity index is 1.71. The van der Waals surface area contributed by atoms with Gasteiger partial charge in [0.1, 0.15) is 11.4 Å². The highest BCUT2D eigenvalue weighted by molar-refractivity contribution is 5.94. The van der Waals surface area contributed by atoms with Gasteiger partial charge in [0.05, 0.1) is 11.8 Å². The Morgan fingerprint density at radius 1 is 1.30 bits per heavy atom. The zero-order valence-corrected chi connectivity index (χ0v) is 11.6. The molecule has 2 fully saturated rings. The van der Waals surface area contributed by atoms with Crippen LogP contribution in [0.5, 0.6) is 0 Å². The van der Waals surface area contributed by atoms with Gasteiger partial charge in [-0.1, -0.05) is 12.8 Å². The van der Waals surface area contributed by atoms with Crippen LogP contribution < -0.4 is 11.0 Å². The van der Waals surface area contributed by atoms with Gasteiger partial charge in [0.15, 0.2) is 0 Å². The van der Waals surface area contributed by atoms with Gasteiger partial charge >= 0.3 is 0 Å². The van der Waals surface area contributed by atoms with E-state index >= 15 is 0 Å². The van der Waals surface area contributed by atoms with E-state index in [0.29, 0.717) is 17.4 Å². The number of carbonyl (C=O) groups excluding carboxylic acids is 1. The van der Waals surface area contributed by atoms with Crippen LogP contribution in [0.2, 0.25) is 0 Å². The molecule has 0 aromatic carbocycles. The van der Waals surface area contributed by atoms with E-state index in [1.165, 1.54) is 0 Å². The molecule has 0 saturated heterocycles. The highest BCUT2D eigenvalue weighted by Gasteiger charge is 2.28. The molecule has 1 heterocycles. The third kappa shape index (κ3) is 2.75. The SMILES string of the molecule is Cc1nc(C2CC2)[nH]c(=O)c1C(=O)NOC1CCCC1. The lowest BCUT2D eigenvalue weighted by atomic mass is 10.2. The molecular weight excluding hydrogens is 258 g/mol. The van der Waals surface area contributed by atoms with E-state index in [2.05, 4.69) is 15.4 Å². The monoisotopic (exact) mass is 277 g/mol. The number of aryl methyl sites for hydroxylation is 1. The lowest BCUT2D eigenvalue weighted by molar-refractivity contribution is -0.0126. The Bertz CT molecular complexity index is 572. The number of nitrogens with one attached hydrogen (secondary N) is 2. The maximum absolute atomic E-state index is 12.0. The first-order valence-electron chi connectivity index (χ1n) is 7.22. The highest BCUT2D eigenvalue weighted by Crippen LogP contribution is 2.37. The van der Waals surface area contributed by atoms with Gasteiger partial charge < -0.3 is 4.98 Å². The van der Waals surface area contributed by atoms with Crippen LogP contribution in [-0.2, 0) is 4.84 Å². The molecule has 20 heavy (non-hydrogen) atoms. The Labute approximate surface area is 116 Å². The van der Waals surface area contributed by atoms with Crippen LogP contribution in [-0.4, -0.2) is 22.0 Å². The van der Waals surface area contributed by atoms with E-state index in [-0.39, 0.29) is 17.2 Å². The summed E-state index contributed by atoms with van der Waals surface area (Å²) in [6, 6.07) is 0. The minimum Gasteiger partial charge on any atom is -0.310 e. The number of aromatic amines is 1. The predicted octanol–water partition coefficient (Wildman–Crippen LogP) is 1.56. The second-order valence-electron chi connectivity index (χ2n) is 5.64. The molecule has 2 N–H and O–H groups in total. The zero-order chi connectivity index (χ0) is 14.1. The van der Waals surface area contributed by atoms with Crippen molar-refractivity contribution in [2.24, 2.45) is 0 Å². The van der Waals surface area contributed by atoms with E-state index in [4.69, 9.17) is 4.84 Å². The van der Waals surface area contributed by atoms with Gasteiger partial charge in [0.25, 0.3) is 11.5 Å². The van der Waals surface area contributed by atoms with Gasteiger partial charge in [-0.2, -0.15) is 0 Å². The number of nitrogens with zero attached hydrogens (tertiary/aromatic N) is 1. The standard InChI is InChI=1S/C14H19N3O3/c1-8-11(13(18)16-12(15-8)9-6-7-9)14(19)17-20-10-4-2-3-5-10/h9-10H,2-7H2,1H3,(H,17,19)(H,15,16,18). The van der Waals surface area contributed by atoms with Crippen LogP contribution in [0.25, 0.3) is 0 Å². The molecule has 0 atom stereocenters. The molecule has 0 aliphatic heterocycles. The maximum atomic E-state index is 12.0. The third-order valence-corrected chi connectivity index (χ3v) is 3.93. The van der Waals surface area contributed by atoms with Gasteiger partial charge in [0.2, 0.25) is 0 Å². The fourth-order valence-corrected chi connectivity index (χ4v) is 2.62. The van der Waals surface area contributed by atoms with E-state index < -0.39 is 5.91 Å². The van der Waals surface area contributed by atoms with Gasteiger partial charge in [-0.05, 0) is 32.6 Å². The molecule has 1 aromatic heterocycles. The van der Waals surface area contributed by atoms with Gasteiger partial charge in [-0.25, -0.2) is 10.5 Å². The molecule has 1 amide bonds. The first-order chi connectivity index (χ1) is 9.65. The zero-order valence-electron chi connectivity index (χ0n) is 11.6. The number of hydroxylamine groups is 1.